The summed E-state index contributed by atoms with van der Waals surface area (Å²) in [5, 5.41) is 18.2. The number of nitro groups is 1. The predicted molar refractivity (Wildman–Crippen MR) is 93.0 cm³/mol. The number of nitro benzene ring substituents is 1. The van der Waals surface area contributed by atoms with Gasteiger partial charge in [-0.15, -0.1) is 0 Å². The Morgan fingerprint density at radius 3 is 2.41 bits per heavy atom. The molecule has 0 amide bonds. The Morgan fingerprint density at radius 1 is 1.26 bits per heavy atom. The Hall–Kier alpha value is -2.37. The fourth-order valence-corrected chi connectivity index (χ4v) is 3.16. The van der Waals surface area contributed by atoms with Gasteiger partial charge >= 0.3 is 6.18 Å². The van der Waals surface area contributed by atoms with Crippen molar-refractivity contribution < 1.29 is 26.5 Å². The van der Waals surface area contributed by atoms with Gasteiger partial charge in [-0.1, -0.05) is 23.7 Å². The van der Waals surface area contributed by atoms with Crippen molar-refractivity contribution in [3.63, 3.8) is 0 Å². The van der Waals surface area contributed by atoms with Gasteiger partial charge in [-0.2, -0.15) is 13.2 Å². The molecule has 0 aliphatic heterocycles. The standard InChI is InChI=1S/C15H13ClF3N3O4S/c1-8(9-3-2-4-10(5-9)27(20,25)26)21-13-7-12(16)11(15(17,18)19)6-14(13)22(23)24/h2-8,21H,1H3,(H2,20,25,26)/t8-/m1/s1. The number of primary sulfonamides is 1. The summed E-state index contributed by atoms with van der Waals surface area (Å²) in [5.41, 5.74) is -2.00. The van der Waals surface area contributed by atoms with Crippen molar-refractivity contribution in [2.75, 3.05) is 5.32 Å². The van der Waals surface area contributed by atoms with Crippen molar-refractivity contribution in [1.29, 1.82) is 0 Å². The van der Waals surface area contributed by atoms with E-state index in [4.69, 9.17) is 16.7 Å². The molecule has 0 aliphatic carbocycles. The van der Waals surface area contributed by atoms with Crippen LogP contribution in [-0.2, 0) is 16.2 Å². The van der Waals surface area contributed by atoms with Gasteiger partial charge in [0.15, 0.2) is 0 Å². The van der Waals surface area contributed by atoms with E-state index in [9.17, 15) is 31.7 Å². The molecule has 1 atom stereocenters. The minimum Gasteiger partial charge on any atom is -0.373 e. The fraction of sp³-hybridized carbons (Fsp3) is 0.200. The van der Waals surface area contributed by atoms with Crippen molar-refractivity contribution in [2.24, 2.45) is 5.14 Å². The molecule has 0 heterocycles. The highest BCUT2D eigenvalue weighted by atomic mass is 35.5. The third-order valence-corrected chi connectivity index (χ3v) is 4.87. The van der Waals surface area contributed by atoms with Gasteiger partial charge in [0.25, 0.3) is 5.69 Å². The van der Waals surface area contributed by atoms with Gasteiger partial charge in [-0.25, -0.2) is 13.6 Å². The van der Waals surface area contributed by atoms with Crippen LogP contribution in [0.2, 0.25) is 5.02 Å². The van der Waals surface area contributed by atoms with Crippen LogP contribution in [0.3, 0.4) is 0 Å². The molecule has 2 aromatic carbocycles. The predicted octanol–water partition coefficient (Wildman–Crippen LogP) is 4.09. The maximum Gasteiger partial charge on any atom is 0.418 e. The number of rotatable bonds is 5. The fourth-order valence-electron chi connectivity index (χ4n) is 2.32. The number of sulfonamides is 1. The minimum atomic E-state index is -4.85. The number of hydrogen-bond acceptors (Lipinski definition) is 5. The summed E-state index contributed by atoms with van der Waals surface area (Å²) in [5.74, 6) is 0. The van der Waals surface area contributed by atoms with E-state index in [1.54, 1.807) is 0 Å². The van der Waals surface area contributed by atoms with E-state index in [0.717, 1.165) is 6.07 Å². The van der Waals surface area contributed by atoms with Crippen molar-refractivity contribution in [2.45, 2.75) is 24.0 Å². The molecule has 0 saturated carbocycles. The first-order valence-corrected chi connectivity index (χ1v) is 9.17. The Morgan fingerprint density at radius 2 is 1.89 bits per heavy atom. The lowest BCUT2D eigenvalue weighted by Crippen LogP contribution is -2.14. The molecule has 3 N–H and O–H groups in total. The van der Waals surface area contributed by atoms with E-state index >= 15 is 0 Å². The molecular formula is C15H13ClF3N3O4S. The lowest BCUT2D eigenvalue weighted by atomic mass is 10.1. The number of nitrogens with one attached hydrogen (secondary N) is 1. The minimum absolute atomic E-state index is 0.173. The molecule has 0 spiro atoms. The van der Waals surface area contributed by atoms with Crippen LogP contribution >= 0.6 is 11.6 Å². The molecule has 0 aromatic heterocycles. The van der Waals surface area contributed by atoms with Crippen molar-refractivity contribution in [1.82, 2.24) is 0 Å². The summed E-state index contributed by atoms with van der Waals surface area (Å²) < 4.78 is 61.6. The summed E-state index contributed by atoms with van der Waals surface area (Å²) in [7, 11) is -3.96. The van der Waals surface area contributed by atoms with Gasteiger partial charge in [-0.05, 0) is 30.7 Å². The van der Waals surface area contributed by atoms with Crippen LogP contribution in [0.15, 0.2) is 41.3 Å². The molecular weight excluding hydrogens is 411 g/mol. The molecule has 7 nitrogen and oxygen atoms in total. The molecule has 0 fully saturated rings. The summed E-state index contributed by atoms with van der Waals surface area (Å²) in [6, 6.07) is 5.93. The highest BCUT2D eigenvalue weighted by Gasteiger charge is 2.36. The molecule has 12 heteroatoms. The molecule has 0 unspecified atom stereocenters. The van der Waals surface area contributed by atoms with Crippen LogP contribution in [0.1, 0.15) is 24.1 Å². The maximum absolute atomic E-state index is 12.9. The second-order valence-electron chi connectivity index (χ2n) is 5.59. The number of halogens is 4. The van der Waals surface area contributed by atoms with Gasteiger partial charge in [0.1, 0.15) is 5.69 Å². The second kappa shape index (κ2) is 7.33. The lowest BCUT2D eigenvalue weighted by Gasteiger charge is -2.18. The van der Waals surface area contributed by atoms with Crippen molar-refractivity contribution >= 4 is 33.0 Å². The quantitative estimate of drug-likeness (QED) is 0.555. The number of nitrogens with zero attached hydrogens (tertiary/aromatic N) is 1. The molecule has 0 saturated heterocycles. The van der Waals surface area contributed by atoms with Crippen LogP contribution in [0.5, 0.6) is 0 Å². The van der Waals surface area contributed by atoms with Gasteiger partial charge in [0.05, 0.1) is 20.4 Å². The molecule has 0 radical (unpaired) electrons. The van der Waals surface area contributed by atoms with E-state index < -0.39 is 43.4 Å². The van der Waals surface area contributed by atoms with Crippen LogP contribution in [0.4, 0.5) is 24.5 Å². The Balaban J connectivity index is 2.45. The number of benzene rings is 2. The van der Waals surface area contributed by atoms with Gasteiger partial charge < -0.3 is 5.32 Å². The average Bonchev–Trinajstić information content (AvgIpc) is 2.52. The summed E-state index contributed by atoms with van der Waals surface area (Å²) >= 11 is 5.63. The zero-order valence-corrected chi connectivity index (χ0v) is 15.2. The smallest absolute Gasteiger partial charge is 0.373 e. The van der Waals surface area contributed by atoms with E-state index in [-0.39, 0.29) is 10.6 Å². The lowest BCUT2D eigenvalue weighted by molar-refractivity contribution is -0.384. The van der Waals surface area contributed by atoms with Crippen LogP contribution in [-0.4, -0.2) is 13.3 Å². The summed E-state index contributed by atoms with van der Waals surface area (Å²) in [4.78, 5) is 10.0. The number of hydrogen-bond donors (Lipinski definition) is 2. The zero-order valence-electron chi connectivity index (χ0n) is 13.6. The third-order valence-electron chi connectivity index (χ3n) is 3.65. The topological polar surface area (TPSA) is 115 Å². The monoisotopic (exact) mass is 423 g/mol. The largest absolute Gasteiger partial charge is 0.418 e. The second-order valence-corrected chi connectivity index (χ2v) is 7.56. The Labute approximate surface area is 157 Å². The highest BCUT2D eigenvalue weighted by molar-refractivity contribution is 7.89. The average molecular weight is 424 g/mol. The SMILES string of the molecule is C[C@@H](Nc1cc(Cl)c(C(F)(F)F)cc1[N+](=O)[O-])c1cccc(S(N)(=O)=O)c1. The zero-order chi connectivity index (χ0) is 20.6. The third kappa shape index (κ3) is 4.87. The van der Waals surface area contributed by atoms with Crippen LogP contribution < -0.4 is 10.5 Å². The number of nitrogens with two attached hydrogens (primary N) is 1. The first-order valence-electron chi connectivity index (χ1n) is 7.25. The van der Waals surface area contributed by atoms with Crippen molar-refractivity contribution in [3.05, 3.63) is 62.7 Å². The van der Waals surface area contributed by atoms with E-state index in [1.807, 2.05) is 0 Å². The number of alkyl halides is 3. The highest BCUT2D eigenvalue weighted by Crippen LogP contribution is 2.41. The van der Waals surface area contributed by atoms with Gasteiger partial charge in [0.2, 0.25) is 10.0 Å². The first kappa shape index (κ1) is 20.9. The normalized spacial score (nSPS) is 13.3. The van der Waals surface area contributed by atoms with E-state index in [0.29, 0.717) is 11.6 Å². The molecule has 27 heavy (non-hydrogen) atoms. The van der Waals surface area contributed by atoms with Gasteiger partial charge in [0, 0.05) is 12.1 Å². The van der Waals surface area contributed by atoms with Crippen LogP contribution in [0, 0.1) is 10.1 Å². The van der Waals surface area contributed by atoms with E-state index in [2.05, 4.69) is 5.32 Å². The Kier molecular flexibility index (Phi) is 5.68. The summed E-state index contributed by atoms with van der Waals surface area (Å²) in [6.45, 7) is 1.54. The molecule has 0 aliphatic rings. The first-order chi connectivity index (χ1) is 12.3. The number of anilines is 1. The van der Waals surface area contributed by atoms with E-state index in [1.165, 1.54) is 31.2 Å². The summed E-state index contributed by atoms with van der Waals surface area (Å²) in [6.07, 6.45) is -4.85. The maximum atomic E-state index is 12.9. The van der Waals surface area contributed by atoms with Gasteiger partial charge in [-0.3, -0.25) is 10.1 Å². The van der Waals surface area contributed by atoms with Crippen molar-refractivity contribution in [3.8, 4) is 0 Å². The molecule has 0 bridgehead atoms. The molecule has 2 aromatic rings. The Bertz CT molecular complexity index is 996. The molecule has 2 rings (SSSR count). The molecule has 146 valence electrons. The van der Waals surface area contributed by atoms with Crippen LogP contribution in [0.25, 0.3) is 0 Å².